The molecule has 0 atom stereocenters. The molecule has 2 aromatic carbocycles. The minimum Gasteiger partial charge on any atom is -0.504 e. The zero-order valence-corrected chi connectivity index (χ0v) is 9.40. The Hall–Kier alpha value is -1.48. The molecule has 2 rings (SSSR count). The van der Waals surface area contributed by atoms with Gasteiger partial charge in [0.25, 0.3) is 0 Å². The summed E-state index contributed by atoms with van der Waals surface area (Å²) in [4.78, 5) is 0. The van der Waals surface area contributed by atoms with E-state index in [0.717, 1.165) is 10.0 Å². The lowest BCUT2D eigenvalue weighted by molar-refractivity contribution is 0.405. The van der Waals surface area contributed by atoms with Crippen molar-refractivity contribution in [1.82, 2.24) is 0 Å². The van der Waals surface area contributed by atoms with Crippen molar-refractivity contribution < 1.29 is 10.2 Å². The molecule has 0 spiro atoms. The molecule has 0 saturated carbocycles. The van der Waals surface area contributed by atoms with E-state index < -0.39 is 0 Å². The SMILES string of the molecule is Oc1cccc(-c2cccc(Br)c2)c1O. The van der Waals surface area contributed by atoms with E-state index in [-0.39, 0.29) is 11.5 Å². The lowest BCUT2D eigenvalue weighted by atomic mass is 10.0. The van der Waals surface area contributed by atoms with E-state index in [0.29, 0.717) is 5.56 Å². The molecule has 0 aromatic heterocycles. The number of benzene rings is 2. The summed E-state index contributed by atoms with van der Waals surface area (Å²) < 4.78 is 0.933. The van der Waals surface area contributed by atoms with Crippen LogP contribution >= 0.6 is 15.9 Å². The van der Waals surface area contributed by atoms with Crippen molar-refractivity contribution in [1.29, 1.82) is 0 Å². The van der Waals surface area contributed by atoms with Crippen LogP contribution in [0.15, 0.2) is 46.9 Å². The third kappa shape index (κ3) is 1.97. The Morgan fingerprint density at radius 2 is 1.67 bits per heavy atom. The van der Waals surface area contributed by atoms with Crippen LogP contribution in [0.2, 0.25) is 0 Å². The second-order valence-electron chi connectivity index (χ2n) is 3.18. The first-order valence-electron chi connectivity index (χ1n) is 4.45. The highest BCUT2D eigenvalue weighted by Crippen LogP contribution is 2.36. The molecule has 0 bridgehead atoms. The molecule has 0 fully saturated rings. The number of aromatic hydroxyl groups is 2. The molecule has 3 heteroatoms. The molecule has 2 N–H and O–H groups in total. The summed E-state index contributed by atoms with van der Waals surface area (Å²) >= 11 is 3.36. The summed E-state index contributed by atoms with van der Waals surface area (Å²) in [7, 11) is 0. The second-order valence-corrected chi connectivity index (χ2v) is 4.10. The number of rotatable bonds is 1. The summed E-state index contributed by atoms with van der Waals surface area (Å²) in [6, 6.07) is 12.5. The van der Waals surface area contributed by atoms with Gasteiger partial charge in [-0.3, -0.25) is 0 Å². The van der Waals surface area contributed by atoms with Gasteiger partial charge in [-0.1, -0.05) is 40.2 Å². The molecule has 2 aromatic rings. The minimum absolute atomic E-state index is 0.0874. The van der Waals surface area contributed by atoms with Gasteiger partial charge in [-0.2, -0.15) is 0 Å². The van der Waals surface area contributed by atoms with Crippen molar-refractivity contribution in [2.45, 2.75) is 0 Å². The molecule has 0 saturated heterocycles. The third-order valence-corrected chi connectivity index (χ3v) is 2.64. The summed E-state index contributed by atoms with van der Waals surface area (Å²) in [5, 5.41) is 19.0. The third-order valence-electron chi connectivity index (χ3n) is 2.15. The van der Waals surface area contributed by atoms with Crippen LogP contribution in [-0.2, 0) is 0 Å². The van der Waals surface area contributed by atoms with E-state index in [4.69, 9.17) is 0 Å². The van der Waals surface area contributed by atoms with Crippen LogP contribution in [-0.4, -0.2) is 10.2 Å². The Morgan fingerprint density at radius 1 is 0.933 bits per heavy atom. The summed E-state index contributed by atoms with van der Waals surface area (Å²) in [6.07, 6.45) is 0. The first-order valence-corrected chi connectivity index (χ1v) is 5.24. The largest absolute Gasteiger partial charge is 0.504 e. The maximum atomic E-state index is 9.68. The highest BCUT2D eigenvalue weighted by molar-refractivity contribution is 9.10. The van der Waals surface area contributed by atoms with Crippen molar-refractivity contribution in [3.05, 3.63) is 46.9 Å². The van der Waals surface area contributed by atoms with Crippen LogP contribution in [0.25, 0.3) is 11.1 Å². The van der Waals surface area contributed by atoms with E-state index >= 15 is 0 Å². The van der Waals surface area contributed by atoms with Crippen LogP contribution in [0.3, 0.4) is 0 Å². The summed E-state index contributed by atoms with van der Waals surface area (Å²) in [5.74, 6) is -0.192. The molecule has 0 unspecified atom stereocenters. The highest BCUT2D eigenvalue weighted by atomic mass is 79.9. The molecule has 0 aliphatic carbocycles. The molecule has 0 aliphatic heterocycles. The predicted molar refractivity (Wildman–Crippen MR) is 62.9 cm³/mol. The summed E-state index contributed by atoms with van der Waals surface area (Å²) in [6.45, 7) is 0. The number of phenolic OH excluding ortho intramolecular Hbond substituents is 2. The zero-order chi connectivity index (χ0) is 10.8. The van der Waals surface area contributed by atoms with E-state index in [2.05, 4.69) is 15.9 Å². The topological polar surface area (TPSA) is 40.5 Å². The van der Waals surface area contributed by atoms with Gasteiger partial charge < -0.3 is 10.2 Å². The predicted octanol–water partition coefficient (Wildman–Crippen LogP) is 3.53. The van der Waals surface area contributed by atoms with E-state index in [1.54, 1.807) is 12.1 Å². The monoisotopic (exact) mass is 264 g/mol. The second kappa shape index (κ2) is 3.95. The normalized spacial score (nSPS) is 10.2. The van der Waals surface area contributed by atoms with Gasteiger partial charge in [0.05, 0.1) is 0 Å². The molecule has 76 valence electrons. The van der Waals surface area contributed by atoms with Crippen LogP contribution in [0.5, 0.6) is 11.5 Å². The molecule has 15 heavy (non-hydrogen) atoms. The molecule has 0 aliphatic rings. The standard InChI is InChI=1S/C12H9BrO2/c13-9-4-1-3-8(7-9)10-5-2-6-11(14)12(10)15/h1-7,14-15H. The number of phenols is 2. The van der Waals surface area contributed by atoms with Crippen molar-refractivity contribution >= 4 is 15.9 Å². The Bertz CT molecular complexity index is 495. The average Bonchev–Trinajstić information content (AvgIpc) is 2.22. The van der Waals surface area contributed by atoms with Crippen LogP contribution in [0.4, 0.5) is 0 Å². The molecule has 0 radical (unpaired) electrons. The molecule has 0 heterocycles. The van der Waals surface area contributed by atoms with Gasteiger partial charge in [0.2, 0.25) is 0 Å². The van der Waals surface area contributed by atoms with Crippen molar-refractivity contribution in [3.8, 4) is 22.6 Å². The lowest BCUT2D eigenvalue weighted by Crippen LogP contribution is -1.79. The van der Waals surface area contributed by atoms with Crippen molar-refractivity contribution in [2.75, 3.05) is 0 Å². The maximum Gasteiger partial charge on any atom is 0.165 e. The fourth-order valence-electron chi connectivity index (χ4n) is 1.42. The summed E-state index contributed by atoms with van der Waals surface area (Å²) in [5.41, 5.74) is 1.48. The quantitative estimate of drug-likeness (QED) is 0.774. The number of para-hydroxylation sites is 1. The van der Waals surface area contributed by atoms with Crippen LogP contribution in [0, 0.1) is 0 Å². The van der Waals surface area contributed by atoms with Gasteiger partial charge >= 0.3 is 0 Å². The van der Waals surface area contributed by atoms with Gasteiger partial charge in [-0.15, -0.1) is 0 Å². The zero-order valence-electron chi connectivity index (χ0n) is 7.81. The number of hydrogen-bond donors (Lipinski definition) is 2. The van der Waals surface area contributed by atoms with Gasteiger partial charge in [0, 0.05) is 10.0 Å². The molecular weight excluding hydrogens is 256 g/mol. The van der Waals surface area contributed by atoms with Crippen LogP contribution in [0.1, 0.15) is 0 Å². The van der Waals surface area contributed by atoms with Gasteiger partial charge in [-0.05, 0) is 23.8 Å². The van der Waals surface area contributed by atoms with Gasteiger partial charge in [0.1, 0.15) is 0 Å². The van der Waals surface area contributed by atoms with Gasteiger partial charge in [0.15, 0.2) is 11.5 Å². The Labute approximate surface area is 95.9 Å². The smallest absolute Gasteiger partial charge is 0.165 e. The fraction of sp³-hybridized carbons (Fsp3) is 0. The molecule has 0 amide bonds. The van der Waals surface area contributed by atoms with Crippen molar-refractivity contribution in [3.63, 3.8) is 0 Å². The average molecular weight is 265 g/mol. The first-order chi connectivity index (χ1) is 7.18. The Balaban J connectivity index is 2.59. The lowest BCUT2D eigenvalue weighted by Gasteiger charge is -2.06. The van der Waals surface area contributed by atoms with E-state index in [1.165, 1.54) is 6.07 Å². The molecular formula is C12H9BrO2. The van der Waals surface area contributed by atoms with E-state index in [9.17, 15) is 10.2 Å². The van der Waals surface area contributed by atoms with E-state index in [1.807, 2.05) is 24.3 Å². The highest BCUT2D eigenvalue weighted by Gasteiger charge is 2.07. The first kappa shape index (κ1) is 10.1. The molecule has 2 nitrogen and oxygen atoms in total. The Kier molecular flexibility index (Phi) is 2.64. The Morgan fingerprint density at radius 3 is 2.40 bits per heavy atom. The fourth-order valence-corrected chi connectivity index (χ4v) is 1.82. The number of hydrogen-bond acceptors (Lipinski definition) is 2. The maximum absolute atomic E-state index is 9.68. The van der Waals surface area contributed by atoms with Crippen molar-refractivity contribution in [2.24, 2.45) is 0 Å². The van der Waals surface area contributed by atoms with Gasteiger partial charge in [-0.25, -0.2) is 0 Å². The number of halogens is 1. The van der Waals surface area contributed by atoms with Crippen LogP contribution < -0.4 is 0 Å². The minimum atomic E-state index is -0.104.